The topological polar surface area (TPSA) is 51.6 Å². The maximum atomic E-state index is 4.77. The van der Waals surface area contributed by atoms with Crippen molar-refractivity contribution < 1.29 is 20.1 Å². The molecule has 56 heavy (non-hydrogen) atoms. The molecule has 5 heteroatoms. The Hall–Kier alpha value is -6.13. The van der Waals surface area contributed by atoms with Crippen LogP contribution >= 0.6 is 0 Å². The van der Waals surface area contributed by atoms with Crippen LogP contribution < -0.4 is 0 Å². The number of pyridine rings is 4. The van der Waals surface area contributed by atoms with E-state index in [1.54, 1.807) is 6.20 Å². The fourth-order valence-corrected chi connectivity index (χ4v) is 7.37. The first-order valence-corrected chi connectivity index (χ1v) is 18.5. The van der Waals surface area contributed by atoms with Crippen LogP contribution in [-0.4, -0.2) is 19.9 Å². The summed E-state index contributed by atoms with van der Waals surface area (Å²) in [6, 6.07) is 52.9. The molecule has 0 spiro atoms. The molecule has 0 amide bonds. The van der Waals surface area contributed by atoms with Crippen molar-refractivity contribution in [3.63, 3.8) is 0 Å². The summed E-state index contributed by atoms with van der Waals surface area (Å²) in [6.45, 7) is 10.6. The van der Waals surface area contributed by atoms with E-state index in [0.29, 0.717) is 0 Å². The van der Waals surface area contributed by atoms with E-state index < -0.39 is 0 Å². The molecule has 0 unspecified atom stereocenters. The quantitative estimate of drug-likeness (QED) is 0.128. The molecule has 0 fully saturated rings. The number of benzene rings is 5. The fourth-order valence-electron chi connectivity index (χ4n) is 7.37. The predicted molar refractivity (Wildman–Crippen MR) is 228 cm³/mol. The molecule has 0 atom stereocenters. The first-order chi connectivity index (χ1) is 26.8. The van der Waals surface area contributed by atoms with Gasteiger partial charge in [-0.2, -0.15) is 0 Å². The zero-order valence-electron chi connectivity index (χ0n) is 32.1. The minimum absolute atomic E-state index is 0. The zero-order valence-corrected chi connectivity index (χ0v) is 34.5. The van der Waals surface area contributed by atoms with Crippen LogP contribution in [0.15, 0.2) is 152 Å². The molecule has 5 aromatic carbocycles. The minimum Gasteiger partial charge on any atom is -0.305 e. The van der Waals surface area contributed by atoms with E-state index in [9.17, 15) is 0 Å². The van der Waals surface area contributed by atoms with Gasteiger partial charge in [0.25, 0.3) is 0 Å². The van der Waals surface area contributed by atoms with Crippen molar-refractivity contribution in [2.24, 2.45) is 0 Å². The van der Waals surface area contributed by atoms with Gasteiger partial charge in [0.1, 0.15) is 0 Å². The van der Waals surface area contributed by atoms with Crippen LogP contribution in [0, 0.1) is 46.8 Å². The molecule has 0 aliphatic heterocycles. The maximum absolute atomic E-state index is 4.77. The summed E-state index contributed by atoms with van der Waals surface area (Å²) in [5, 5.41) is 3.59. The fraction of sp³-hybridized carbons (Fsp3) is 0.0980. The third-order valence-corrected chi connectivity index (χ3v) is 10.0. The third kappa shape index (κ3) is 7.97. The average molecular weight is 901 g/mol. The maximum Gasteiger partial charge on any atom is 0.0714 e. The number of aryl methyl sites for hydroxylation is 4. The number of rotatable bonds is 5. The van der Waals surface area contributed by atoms with E-state index >= 15 is 0 Å². The average Bonchev–Trinajstić information content (AvgIpc) is 3.21. The Bertz CT molecular complexity index is 2760. The van der Waals surface area contributed by atoms with Crippen LogP contribution in [-0.2, 0) is 20.1 Å². The molecule has 1 radical (unpaired) electrons. The third-order valence-electron chi connectivity index (χ3n) is 10.0. The van der Waals surface area contributed by atoms with Gasteiger partial charge in [-0.15, -0.1) is 65.2 Å². The summed E-state index contributed by atoms with van der Waals surface area (Å²) in [7, 11) is 0. The molecule has 0 saturated carbocycles. The Morgan fingerprint density at radius 2 is 1.16 bits per heavy atom. The largest absolute Gasteiger partial charge is 0.305 e. The Kier molecular flexibility index (Phi) is 11.4. The molecule has 0 aliphatic rings. The van der Waals surface area contributed by atoms with E-state index in [1.165, 1.54) is 60.7 Å². The van der Waals surface area contributed by atoms with Crippen molar-refractivity contribution >= 4 is 21.7 Å². The summed E-state index contributed by atoms with van der Waals surface area (Å²) >= 11 is 0. The second-order valence-corrected chi connectivity index (χ2v) is 14.0. The first-order valence-electron chi connectivity index (χ1n) is 18.5. The van der Waals surface area contributed by atoms with Crippen LogP contribution in [0.25, 0.3) is 77.6 Å². The smallest absolute Gasteiger partial charge is 0.0714 e. The normalized spacial score (nSPS) is 10.8. The number of hydrogen-bond donors (Lipinski definition) is 0. The van der Waals surface area contributed by atoms with E-state index in [4.69, 9.17) is 4.98 Å². The van der Waals surface area contributed by atoms with E-state index in [1.807, 2.05) is 67.0 Å². The van der Waals surface area contributed by atoms with Gasteiger partial charge in [-0.05, 0) is 132 Å². The summed E-state index contributed by atoms with van der Waals surface area (Å²) in [6.07, 6.45) is 5.53. The van der Waals surface area contributed by atoms with Crippen molar-refractivity contribution in [1.29, 1.82) is 0 Å². The van der Waals surface area contributed by atoms with Crippen molar-refractivity contribution in [3.8, 4) is 55.9 Å². The van der Waals surface area contributed by atoms with Crippen LogP contribution in [0.4, 0.5) is 0 Å². The summed E-state index contributed by atoms with van der Waals surface area (Å²) in [4.78, 5) is 18.3. The number of nitrogens with zero attached hydrogens (tertiary/aromatic N) is 4. The van der Waals surface area contributed by atoms with Gasteiger partial charge in [0, 0.05) is 55.5 Å². The van der Waals surface area contributed by atoms with E-state index in [0.717, 1.165) is 45.0 Å². The van der Waals surface area contributed by atoms with Gasteiger partial charge < -0.3 is 9.97 Å². The monoisotopic (exact) mass is 901 g/mol. The second kappa shape index (κ2) is 16.7. The van der Waals surface area contributed by atoms with Crippen molar-refractivity contribution in [2.45, 2.75) is 34.6 Å². The van der Waals surface area contributed by atoms with Crippen molar-refractivity contribution in [2.75, 3.05) is 0 Å². The summed E-state index contributed by atoms with van der Waals surface area (Å²) in [5.41, 5.74) is 17.6. The van der Waals surface area contributed by atoms with Crippen LogP contribution in [0.5, 0.6) is 0 Å². The van der Waals surface area contributed by atoms with Gasteiger partial charge in [0.05, 0.1) is 5.52 Å². The van der Waals surface area contributed by atoms with Crippen LogP contribution in [0.2, 0.25) is 0 Å². The molecule has 4 aromatic heterocycles. The van der Waals surface area contributed by atoms with Crippen molar-refractivity contribution in [1.82, 2.24) is 19.9 Å². The molecule has 275 valence electrons. The molecule has 0 saturated heterocycles. The molecule has 0 bridgehead atoms. The van der Waals surface area contributed by atoms with E-state index in [2.05, 4.69) is 141 Å². The van der Waals surface area contributed by atoms with Gasteiger partial charge in [-0.3, -0.25) is 9.97 Å². The molecule has 4 heterocycles. The van der Waals surface area contributed by atoms with E-state index in [-0.39, 0.29) is 20.1 Å². The zero-order chi connectivity index (χ0) is 37.9. The van der Waals surface area contributed by atoms with Gasteiger partial charge in [0.2, 0.25) is 0 Å². The SMILES string of the molecule is Cc1ccnc(-c2[c-]cc(C)c(-c3cc(-c4cc5ncccc5c5ccccc45)cc(-c4cc(C)nc(C)c4)c3C)c2)c1.[Ir].[c-]1ccccc1-c1ccccn1. The summed E-state index contributed by atoms with van der Waals surface area (Å²) in [5.74, 6) is 0. The Balaban J connectivity index is 0.000000315. The van der Waals surface area contributed by atoms with Crippen LogP contribution in [0.3, 0.4) is 0 Å². The molecule has 9 rings (SSSR count). The van der Waals surface area contributed by atoms with Gasteiger partial charge in [-0.1, -0.05) is 66.6 Å². The molecular formula is C51H40IrN4-2. The molecule has 4 nitrogen and oxygen atoms in total. The number of aromatic nitrogens is 4. The Labute approximate surface area is 342 Å². The number of hydrogen-bond acceptors (Lipinski definition) is 4. The summed E-state index contributed by atoms with van der Waals surface area (Å²) < 4.78 is 0. The van der Waals surface area contributed by atoms with Crippen molar-refractivity contribution in [3.05, 3.63) is 192 Å². The molecule has 0 N–H and O–H groups in total. The van der Waals surface area contributed by atoms with Gasteiger partial charge in [0.15, 0.2) is 0 Å². The molecule has 9 aromatic rings. The second-order valence-electron chi connectivity index (χ2n) is 14.0. The number of fused-ring (bicyclic) bond motifs is 3. The molecule has 0 aliphatic carbocycles. The Morgan fingerprint density at radius 1 is 0.464 bits per heavy atom. The Morgan fingerprint density at radius 3 is 1.91 bits per heavy atom. The predicted octanol–water partition coefficient (Wildman–Crippen LogP) is 12.7. The van der Waals surface area contributed by atoms with Gasteiger partial charge in [-0.25, -0.2) is 0 Å². The molecular weight excluding hydrogens is 861 g/mol. The van der Waals surface area contributed by atoms with Crippen LogP contribution in [0.1, 0.15) is 28.1 Å². The van der Waals surface area contributed by atoms with Gasteiger partial charge >= 0.3 is 0 Å². The standard InChI is InChI=1S/C40H32N3.C11H8N.Ir/c1-24-14-16-42-39(17-24)29-13-12-25(2)35(20-29)37-22-31(21-36(28(37)5)30-18-26(3)43-27(4)19-30)38-23-40-34(11-8-15-41-40)32-9-6-7-10-33(32)38;1-2-6-10(7-3-1)11-8-4-5-9-12-11;/h6-12,14-23H,1-5H3;1-6,8-9H;/q2*-1;. The minimum atomic E-state index is 0. The first kappa shape index (κ1) is 38.2.